The molecule has 0 aromatic heterocycles. The number of hydrogen-bond donors (Lipinski definition) is 3. The minimum absolute atomic E-state index is 0.237. The van der Waals surface area contributed by atoms with Crippen LogP contribution in [0.5, 0.6) is 0 Å². The Kier molecular flexibility index (Phi) is 10.9. The van der Waals surface area contributed by atoms with Gasteiger partial charge in [0, 0.05) is 26.2 Å². The highest BCUT2D eigenvalue weighted by molar-refractivity contribution is 5.79. The molecule has 0 heterocycles. The maximum Gasteiger partial charge on any atom is 0.191 e. The van der Waals surface area contributed by atoms with Crippen LogP contribution in [0, 0.1) is 5.92 Å². The summed E-state index contributed by atoms with van der Waals surface area (Å²) in [4.78, 5) is 6.96. The summed E-state index contributed by atoms with van der Waals surface area (Å²) in [7, 11) is 4.20. The van der Waals surface area contributed by atoms with Crippen LogP contribution in [0.3, 0.4) is 0 Å². The summed E-state index contributed by atoms with van der Waals surface area (Å²) in [6, 6.07) is 10.8. The van der Waals surface area contributed by atoms with Gasteiger partial charge in [-0.25, -0.2) is 0 Å². The topological polar surface area (TPSA) is 59.9 Å². The lowest BCUT2D eigenvalue weighted by Crippen LogP contribution is -2.42. The molecule has 3 N–H and O–H groups in total. The van der Waals surface area contributed by atoms with E-state index in [1.54, 1.807) is 0 Å². The Morgan fingerprint density at radius 3 is 2.40 bits per heavy atom. The summed E-state index contributed by atoms with van der Waals surface area (Å²) in [5, 5.41) is 16.0. The van der Waals surface area contributed by atoms with Crippen LogP contribution in [-0.2, 0) is 0 Å². The van der Waals surface area contributed by atoms with Crippen LogP contribution in [0.4, 0.5) is 0 Å². The molecule has 0 saturated carbocycles. The monoisotopic (exact) mass is 348 g/mol. The molecule has 0 saturated heterocycles. The second-order valence-corrected chi connectivity index (χ2v) is 6.66. The molecule has 1 rings (SSSR count). The van der Waals surface area contributed by atoms with Crippen molar-refractivity contribution >= 4 is 5.96 Å². The molecular formula is C20H36N4O. The molecular weight excluding hydrogens is 312 g/mol. The molecule has 2 atom stereocenters. The summed E-state index contributed by atoms with van der Waals surface area (Å²) in [5.41, 5.74) is 1.29. The van der Waals surface area contributed by atoms with Crippen molar-refractivity contribution in [1.29, 1.82) is 0 Å². The van der Waals surface area contributed by atoms with Gasteiger partial charge in [-0.3, -0.25) is 4.99 Å². The van der Waals surface area contributed by atoms with E-state index in [0.717, 1.165) is 44.9 Å². The third-order valence-electron chi connectivity index (χ3n) is 4.36. The molecule has 1 aromatic rings. The first-order valence-electron chi connectivity index (χ1n) is 9.46. The molecule has 0 spiro atoms. The number of hydrogen-bond acceptors (Lipinski definition) is 3. The van der Waals surface area contributed by atoms with Gasteiger partial charge in [0.2, 0.25) is 0 Å². The van der Waals surface area contributed by atoms with E-state index in [0.29, 0.717) is 5.92 Å². The number of aliphatic hydroxyl groups excluding tert-OH is 1. The van der Waals surface area contributed by atoms with Gasteiger partial charge in [-0.2, -0.15) is 0 Å². The fraction of sp³-hybridized carbons (Fsp3) is 0.650. The maximum atomic E-state index is 9.21. The molecule has 0 bridgehead atoms. The Bertz CT molecular complexity index is 470. The first-order chi connectivity index (χ1) is 12.1. The Balaban J connectivity index is 2.70. The summed E-state index contributed by atoms with van der Waals surface area (Å²) in [6.45, 7) is 6.88. The van der Waals surface area contributed by atoms with Gasteiger partial charge in [-0.1, -0.05) is 43.7 Å². The van der Waals surface area contributed by atoms with Crippen molar-refractivity contribution in [3.63, 3.8) is 0 Å². The first-order valence-corrected chi connectivity index (χ1v) is 9.46. The lowest BCUT2D eigenvalue weighted by molar-refractivity contribution is 0.253. The van der Waals surface area contributed by atoms with E-state index in [-0.39, 0.29) is 12.6 Å². The summed E-state index contributed by atoms with van der Waals surface area (Å²) in [6.07, 6.45) is 3.05. The SMILES string of the molecule is CCCC(CCO)CN=C(NCC)NCC(c1ccccc1)N(C)C. The summed E-state index contributed by atoms with van der Waals surface area (Å²) >= 11 is 0. The lowest BCUT2D eigenvalue weighted by atomic mass is 10.0. The minimum Gasteiger partial charge on any atom is -0.396 e. The van der Waals surface area contributed by atoms with Crippen LogP contribution in [0.15, 0.2) is 35.3 Å². The van der Waals surface area contributed by atoms with Crippen molar-refractivity contribution in [3.05, 3.63) is 35.9 Å². The zero-order valence-electron chi connectivity index (χ0n) is 16.3. The van der Waals surface area contributed by atoms with Gasteiger partial charge < -0.3 is 20.6 Å². The van der Waals surface area contributed by atoms with E-state index < -0.39 is 0 Å². The van der Waals surface area contributed by atoms with Gasteiger partial charge in [0.05, 0.1) is 6.04 Å². The van der Waals surface area contributed by atoms with E-state index >= 15 is 0 Å². The number of benzene rings is 1. The quantitative estimate of drug-likeness (QED) is 0.425. The number of guanidine groups is 1. The number of rotatable bonds is 11. The maximum absolute atomic E-state index is 9.21. The van der Waals surface area contributed by atoms with E-state index in [1.807, 2.05) is 6.07 Å². The third-order valence-corrected chi connectivity index (χ3v) is 4.36. The Labute approximate surface area is 153 Å². The largest absolute Gasteiger partial charge is 0.396 e. The van der Waals surface area contributed by atoms with E-state index in [2.05, 4.69) is 67.7 Å². The van der Waals surface area contributed by atoms with E-state index in [1.165, 1.54) is 5.56 Å². The van der Waals surface area contributed by atoms with Crippen molar-refractivity contribution in [2.45, 2.75) is 39.2 Å². The van der Waals surface area contributed by atoms with Crippen LogP contribution in [-0.4, -0.2) is 56.3 Å². The summed E-state index contributed by atoms with van der Waals surface area (Å²) in [5.74, 6) is 1.30. The van der Waals surface area contributed by atoms with Crippen molar-refractivity contribution in [1.82, 2.24) is 15.5 Å². The fourth-order valence-electron chi connectivity index (χ4n) is 2.95. The molecule has 1 aromatic carbocycles. The van der Waals surface area contributed by atoms with Crippen LogP contribution >= 0.6 is 0 Å². The normalized spacial score (nSPS) is 14.4. The van der Waals surface area contributed by atoms with E-state index in [4.69, 9.17) is 4.99 Å². The molecule has 25 heavy (non-hydrogen) atoms. The predicted octanol–water partition coefficient (Wildman–Crippen LogP) is 2.64. The molecule has 0 fully saturated rings. The number of aliphatic hydroxyl groups is 1. The number of likely N-dealkylation sites (N-methyl/N-ethyl adjacent to an activating group) is 1. The van der Waals surface area contributed by atoms with Gasteiger partial charge >= 0.3 is 0 Å². The standard InChI is InChI=1S/C20H36N4O/c1-5-10-17(13-14-25)15-22-20(21-6-2)23-16-19(24(3)4)18-11-8-7-9-12-18/h7-9,11-12,17,19,25H,5-6,10,13-16H2,1-4H3,(H2,21,22,23). The average Bonchev–Trinajstić information content (AvgIpc) is 2.60. The second-order valence-electron chi connectivity index (χ2n) is 6.66. The minimum atomic E-state index is 0.237. The molecule has 0 aliphatic rings. The summed E-state index contributed by atoms with van der Waals surface area (Å²) < 4.78 is 0. The zero-order valence-corrected chi connectivity index (χ0v) is 16.3. The highest BCUT2D eigenvalue weighted by atomic mass is 16.3. The van der Waals surface area contributed by atoms with Crippen LogP contribution in [0.1, 0.15) is 44.7 Å². The van der Waals surface area contributed by atoms with Gasteiger partial charge in [-0.15, -0.1) is 0 Å². The smallest absolute Gasteiger partial charge is 0.191 e. The van der Waals surface area contributed by atoms with Crippen LogP contribution < -0.4 is 10.6 Å². The average molecular weight is 349 g/mol. The number of nitrogens with one attached hydrogen (secondary N) is 2. The third kappa shape index (κ3) is 8.36. The molecule has 2 unspecified atom stereocenters. The molecule has 5 heteroatoms. The molecule has 5 nitrogen and oxygen atoms in total. The second kappa shape index (κ2) is 12.7. The van der Waals surface area contributed by atoms with Crippen LogP contribution in [0.2, 0.25) is 0 Å². The highest BCUT2D eigenvalue weighted by Gasteiger charge is 2.14. The van der Waals surface area contributed by atoms with Gasteiger partial charge in [0.25, 0.3) is 0 Å². The fourth-order valence-corrected chi connectivity index (χ4v) is 2.95. The molecule has 0 aliphatic heterocycles. The molecule has 142 valence electrons. The molecule has 0 aliphatic carbocycles. The van der Waals surface area contributed by atoms with Gasteiger partial charge in [0.15, 0.2) is 5.96 Å². The van der Waals surface area contributed by atoms with Gasteiger partial charge in [0.1, 0.15) is 0 Å². The van der Waals surface area contributed by atoms with Crippen molar-refractivity contribution in [3.8, 4) is 0 Å². The first kappa shape index (κ1) is 21.5. The Hall–Kier alpha value is -1.59. The Morgan fingerprint density at radius 2 is 1.84 bits per heavy atom. The number of aliphatic imine (C=N–C) groups is 1. The highest BCUT2D eigenvalue weighted by Crippen LogP contribution is 2.16. The van der Waals surface area contributed by atoms with E-state index in [9.17, 15) is 5.11 Å². The van der Waals surface area contributed by atoms with Crippen molar-refractivity contribution in [2.24, 2.45) is 10.9 Å². The lowest BCUT2D eigenvalue weighted by Gasteiger charge is -2.26. The van der Waals surface area contributed by atoms with Gasteiger partial charge in [-0.05, 0) is 45.3 Å². The van der Waals surface area contributed by atoms with Crippen molar-refractivity contribution in [2.75, 3.05) is 40.3 Å². The Morgan fingerprint density at radius 1 is 1.12 bits per heavy atom. The predicted molar refractivity (Wildman–Crippen MR) is 107 cm³/mol. The molecule has 0 amide bonds. The van der Waals surface area contributed by atoms with Crippen LogP contribution in [0.25, 0.3) is 0 Å². The number of nitrogens with zero attached hydrogens (tertiary/aromatic N) is 2. The molecule has 0 radical (unpaired) electrons. The zero-order chi connectivity index (χ0) is 18.5. The van der Waals surface area contributed by atoms with Crippen molar-refractivity contribution < 1.29 is 5.11 Å².